The van der Waals surface area contributed by atoms with Gasteiger partial charge in [-0.25, -0.2) is 4.98 Å². The van der Waals surface area contributed by atoms with Crippen molar-refractivity contribution in [3.05, 3.63) is 84.1 Å². The van der Waals surface area contributed by atoms with Crippen LogP contribution in [0.15, 0.2) is 72.9 Å². The molecule has 3 rings (SSSR count). The fraction of sp³-hybridized carbons (Fsp3) is 0.190. The number of nitrogens with zero attached hydrogens (tertiary/aromatic N) is 1. The summed E-state index contributed by atoms with van der Waals surface area (Å²) in [6.45, 7) is 1.26. The van der Waals surface area contributed by atoms with E-state index >= 15 is 0 Å². The number of nitrogens with one attached hydrogen (secondary N) is 1. The van der Waals surface area contributed by atoms with Gasteiger partial charge < -0.3 is 14.8 Å². The van der Waals surface area contributed by atoms with Crippen LogP contribution in [0.25, 0.3) is 0 Å². The first-order valence-corrected chi connectivity index (χ1v) is 8.34. The smallest absolute Gasteiger partial charge is 0.127 e. The highest BCUT2D eigenvalue weighted by Gasteiger charge is 2.07. The summed E-state index contributed by atoms with van der Waals surface area (Å²) in [5.41, 5.74) is 2.33. The third-order valence-corrected chi connectivity index (χ3v) is 3.89. The van der Waals surface area contributed by atoms with E-state index in [1.54, 1.807) is 13.3 Å². The van der Waals surface area contributed by atoms with Crippen molar-refractivity contribution in [3.63, 3.8) is 0 Å². The highest BCUT2D eigenvalue weighted by Crippen LogP contribution is 2.26. The summed E-state index contributed by atoms with van der Waals surface area (Å²) in [5.74, 6) is 2.46. The lowest BCUT2D eigenvalue weighted by Gasteiger charge is -2.14. The minimum atomic E-state index is 0.619. The molecule has 1 N–H and O–H groups in total. The van der Waals surface area contributed by atoms with E-state index < -0.39 is 0 Å². The molecule has 128 valence electrons. The number of rotatable bonds is 8. The molecule has 2 aromatic carbocycles. The Labute approximate surface area is 148 Å². The molecule has 25 heavy (non-hydrogen) atoms. The molecule has 4 nitrogen and oxygen atoms in total. The maximum Gasteiger partial charge on any atom is 0.127 e. The molecule has 0 amide bonds. The third kappa shape index (κ3) is 4.98. The first-order chi connectivity index (χ1) is 12.3. The maximum absolute atomic E-state index is 6.03. The van der Waals surface area contributed by atoms with Gasteiger partial charge in [0.1, 0.15) is 17.3 Å². The molecule has 0 bridgehead atoms. The van der Waals surface area contributed by atoms with Crippen molar-refractivity contribution in [1.82, 2.24) is 4.98 Å². The molecule has 0 fully saturated rings. The summed E-state index contributed by atoms with van der Waals surface area (Å²) in [4.78, 5) is 4.28. The van der Waals surface area contributed by atoms with Crippen LogP contribution in [0.1, 0.15) is 11.1 Å². The second-order valence-electron chi connectivity index (χ2n) is 5.63. The molecule has 0 aliphatic heterocycles. The van der Waals surface area contributed by atoms with E-state index in [1.807, 2.05) is 54.6 Å². The molecule has 0 saturated heterocycles. The Morgan fingerprint density at radius 3 is 2.56 bits per heavy atom. The van der Waals surface area contributed by atoms with Crippen LogP contribution in [0.3, 0.4) is 0 Å². The quantitative estimate of drug-likeness (QED) is 0.666. The molecule has 1 aromatic heterocycles. The van der Waals surface area contributed by atoms with Gasteiger partial charge in [-0.15, -0.1) is 0 Å². The van der Waals surface area contributed by atoms with Gasteiger partial charge in [-0.05, 0) is 29.8 Å². The molecule has 3 aromatic rings. The Bertz CT molecular complexity index is 776. The van der Waals surface area contributed by atoms with Crippen molar-refractivity contribution in [2.45, 2.75) is 13.0 Å². The number of ether oxygens (including phenoxy) is 2. The lowest BCUT2D eigenvalue weighted by atomic mass is 10.1. The Kier molecular flexibility index (Phi) is 5.88. The maximum atomic E-state index is 6.03. The van der Waals surface area contributed by atoms with Gasteiger partial charge in [0.05, 0.1) is 13.7 Å². The van der Waals surface area contributed by atoms with Crippen molar-refractivity contribution in [2.24, 2.45) is 0 Å². The van der Waals surface area contributed by atoms with Crippen molar-refractivity contribution < 1.29 is 9.47 Å². The minimum Gasteiger partial charge on any atom is -0.497 e. The summed E-state index contributed by atoms with van der Waals surface area (Å²) < 4.78 is 11.4. The summed E-state index contributed by atoms with van der Waals surface area (Å²) >= 11 is 0. The predicted octanol–water partition coefficient (Wildman–Crippen LogP) is 4.32. The van der Waals surface area contributed by atoms with E-state index in [0.717, 1.165) is 29.3 Å². The zero-order valence-corrected chi connectivity index (χ0v) is 14.3. The van der Waals surface area contributed by atoms with Gasteiger partial charge in [-0.3, -0.25) is 0 Å². The first kappa shape index (κ1) is 16.8. The Hall–Kier alpha value is -3.01. The highest BCUT2D eigenvalue weighted by atomic mass is 16.5. The lowest BCUT2D eigenvalue weighted by Crippen LogP contribution is -2.07. The van der Waals surface area contributed by atoms with Gasteiger partial charge in [0.2, 0.25) is 0 Å². The van der Waals surface area contributed by atoms with E-state index in [-0.39, 0.29) is 0 Å². The molecule has 1 heterocycles. The van der Waals surface area contributed by atoms with Crippen molar-refractivity contribution in [3.8, 4) is 11.5 Å². The van der Waals surface area contributed by atoms with Crippen LogP contribution in [0.2, 0.25) is 0 Å². The van der Waals surface area contributed by atoms with Crippen molar-refractivity contribution in [2.75, 3.05) is 19.0 Å². The number of hydrogen-bond acceptors (Lipinski definition) is 4. The molecule has 0 aliphatic carbocycles. The number of aromatic nitrogens is 1. The summed E-state index contributed by atoms with van der Waals surface area (Å²) in [7, 11) is 1.66. The van der Waals surface area contributed by atoms with Crippen LogP contribution < -0.4 is 14.8 Å². The number of benzene rings is 2. The van der Waals surface area contributed by atoms with Crippen LogP contribution in [-0.2, 0) is 13.0 Å². The van der Waals surface area contributed by atoms with Crippen LogP contribution >= 0.6 is 0 Å². The number of hydrogen-bond donors (Lipinski definition) is 1. The molecule has 0 radical (unpaired) electrons. The van der Waals surface area contributed by atoms with Crippen LogP contribution in [0.4, 0.5) is 5.82 Å². The van der Waals surface area contributed by atoms with E-state index in [0.29, 0.717) is 13.2 Å². The average Bonchev–Trinajstić information content (AvgIpc) is 2.68. The second kappa shape index (κ2) is 8.73. The van der Waals surface area contributed by atoms with Crippen molar-refractivity contribution >= 4 is 5.82 Å². The molecular weight excluding hydrogens is 312 g/mol. The zero-order chi connectivity index (χ0) is 17.3. The highest BCUT2D eigenvalue weighted by molar-refractivity contribution is 5.43. The summed E-state index contributed by atoms with van der Waals surface area (Å²) in [6.07, 6.45) is 2.64. The third-order valence-electron chi connectivity index (χ3n) is 3.89. The topological polar surface area (TPSA) is 43.4 Å². The van der Waals surface area contributed by atoms with Gasteiger partial charge in [0.15, 0.2) is 0 Å². The van der Waals surface area contributed by atoms with Gasteiger partial charge in [0, 0.05) is 30.8 Å². The Morgan fingerprint density at radius 1 is 0.960 bits per heavy atom. The molecule has 0 saturated carbocycles. The van der Waals surface area contributed by atoms with Crippen LogP contribution in [-0.4, -0.2) is 18.7 Å². The normalized spacial score (nSPS) is 10.3. The standard InChI is InChI=1S/C21H22N2O2/c1-24-19-11-10-18(16-23-21-9-5-6-13-22-21)20(15-19)25-14-12-17-7-3-2-4-8-17/h2-11,13,15H,12,14,16H2,1H3,(H,22,23). The predicted molar refractivity (Wildman–Crippen MR) is 100 cm³/mol. The fourth-order valence-corrected chi connectivity index (χ4v) is 2.52. The van der Waals surface area contributed by atoms with E-state index in [1.165, 1.54) is 5.56 Å². The largest absolute Gasteiger partial charge is 0.497 e. The molecule has 4 heteroatoms. The van der Waals surface area contributed by atoms with Gasteiger partial charge in [-0.1, -0.05) is 36.4 Å². The van der Waals surface area contributed by atoms with E-state index in [2.05, 4.69) is 22.4 Å². The van der Waals surface area contributed by atoms with Gasteiger partial charge >= 0.3 is 0 Å². The summed E-state index contributed by atoms with van der Waals surface area (Å²) in [6, 6.07) is 22.0. The van der Waals surface area contributed by atoms with Crippen LogP contribution in [0.5, 0.6) is 11.5 Å². The summed E-state index contributed by atoms with van der Waals surface area (Å²) in [5, 5.41) is 3.31. The second-order valence-corrected chi connectivity index (χ2v) is 5.63. The zero-order valence-electron chi connectivity index (χ0n) is 14.3. The molecule has 0 aliphatic rings. The first-order valence-electron chi connectivity index (χ1n) is 8.34. The molecule has 0 spiro atoms. The van der Waals surface area contributed by atoms with E-state index in [4.69, 9.17) is 9.47 Å². The minimum absolute atomic E-state index is 0.619. The number of anilines is 1. The van der Waals surface area contributed by atoms with Gasteiger partial charge in [-0.2, -0.15) is 0 Å². The Morgan fingerprint density at radius 2 is 1.80 bits per heavy atom. The monoisotopic (exact) mass is 334 g/mol. The number of pyridine rings is 1. The fourth-order valence-electron chi connectivity index (χ4n) is 2.52. The number of methoxy groups -OCH3 is 1. The molecular formula is C21H22N2O2. The molecule has 0 atom stereocenters. The van der Waals surface area contributed by atoms with E-state index in [9.17, 15) is 0 Å². The van der Waals surface area contributed by atoms with Crippen LogP contribution in [0, 0.1) is 0 Å². The SMILES string of the molecule is COc1ccc(CNc2ccccn2)c(OCCc2ccccc2)c1. The Balaban J connectivity index is 1.65. The molecule has 0 unspecified atom stereocenters. The lowest BCUT2D eigenvalue weighted by molar-refractivity contribution is 0.316. The van der Waals surface area contributed by atoms with Gasteiger partial charge in [0.25, 0.3) is 0 Å². The van der Waals surface area contributed by atoms with Crippen molar-refractivity contribution in [1.29, 1.82) is 0 Å². The average molecular weight is 334 g/mol.